The number of hydrogen-bond donors (Lipinski definition) is 1. The number of aromatic amines is 1. The van der Waals surface area contributed by atoms with Crippen molar-refractivity contribution in [1.82, 2.24) is 19.9 Å². The van der Waals surface area contributed by atoms with Crippen LogP contribution in [0.4, 0.5) is 5.95 Å². The lowest BCUT2D eigenvalue weighted by Gasteiger charge is -2.14. The third-order valence-corrected chi connectivity index (χ3v) is 3.13. The maximum Gasteiger partial charge on any atom is 0.225 e. The fourth-order valence-corrected chi connectivity index (χ4v) is 2.26. The Morgan fingerprint density at radius 3 is 2.82 bits per heavy atom. The molecule has 2 aromatic heterocycles. The summed E-state index contributed by atoms with van der Waals surface area (Å²) in [6.07, 6.45) is 6.56. The van der Waals surface area contributed by atoms with Gasteiger partial charge in [0.15, 0.2) is 0 Å². The van der Waals surface area contributed by atoms with Crippen molar-refractivity contribution in [2.24, 2.45) is 0 Å². The summed E-state index contributed by atoms with van der Waals surface area (Å²) in [6, 6.07) is 1.84. The molecule has 0 bridgehead atoms. The summed E-state index contributed by atoms with van der Waals surface area (Å²) in [5, 5.41) is 0. The van der Waals surface area contributed by atoms with Crippen molar-refractivity contribution in [2.45, 2.75) is 19.3 Å². The van der Waals surface area contributed by atoms with Crippen molar-refractivity contribution in [2.75, 3.05) is 18.0 Å². The zero-order valence-electron chi connectivity index (χ0n) is 9.80. The lowest BCUT2D eigenvalue weighted by Crippen LogP contribution is -2.21. The van der Waals surface area contributed by atoms with E-state index >= 15 is 0 Å². The Bertz CT molecular complexity index is 493. The molecule has 0 radical (unpaired) electrons. The van der Waals surface area contributed by atoms with Gasteiger partial charge in [0.25, 0.3) is 0 Å². The molecule has 1 unspecified atom stereocenters. The highest BCUT2D eigenvalue weighted by Gasteiger charge is 2.27. The Balaban J connectivity index is 1.74. The lowest BCUT2D eigenvalue weighted by molar-refractivity contribution is 0.719. The summed E-state index contributed by atoms with van der Waals surface area (Å²) in [5.41, 5.74) is 1.12. The van der Waals surface area contributed by atoms with Crippen LogP contribution in [-0.2, 0) is 0 Å². The zero-order chi connectivity index (χ0) is 11.7. The zero-order valence-corrected chi connectivity index (χ0v) is 9.80. The van der Waals surface area contributed by atoms with Gasteiger partial charge in [0.05, 0.1) is 0 Å². The number of H-pyrrole nitrogens is 1. The fourth-order valence-electron chi connectivity index (χ4n) is 2.26. The van der Waals surface area contributed by atoms with E-state index < -0.39 is 0 Å². The highest BCUT2D eigenvalue weighted by molar-refractivity contribution is 5.32. The van der Waals surface area contributed by atoms with Crippen molar-refractivity contribution >= 4 is 5.95 Å². The minimum atomic E-state index is 0.465. The van der Waals surface area contributed by atoms with Crippen LogP contribution in [0.15, 0.2) is 24.7 Å². The van der Waals surface area contributed by atoms with Crippen LogP contribution in [0.5, 0.6) is 0 Å². The molecule has 5 nitrogen and oxygen atoms in total. The quantitative estimate of drug-likeness (QED) is 0.848. The lowest BCUT2D eigenvalue weighted by atomic mass is 10.1. The average molecular weight is 229 g/mol. The predicted octanol–water partition coefficient (Wildman–Crippen LogP) is 1.50. The van der Waals surface area contributed by atoms with Gasteiger partial charge in [0, 0.05) is 43.3 Å². The molecule has 0 amide bonds. The molecule has 88 valence electrons. The molecular formula is C12H15N5. The van der Waals surface area contributed by atoms with Gasteiger partial charge < -0.3 is 9.88 Å². The monoisotopic (exact) mass is 229 g/mol. The number of nitrogens with one attached hydrogen (secondary N) is 1. The van der Waals surface area contributed by atoms with E-state index in [0.29, 0.717) is 5.92 Å². The van der Waals surface area contributed by atoms with Crippen molar-refractivity contribution in [3.63, 3.8) is 0 Å². The molecule has 5 heteroatoms. The number of aromatic nitrogens is 4. The van der Waals surface area contributed by atoms with Crippen LogP contribution in [-0.4, -0.2) is 33.0 Å². The second-order valence-electron chi connectivity index (χ2n) is 4.43. The number of nitrogens with zero attached hydrogens (tertiary/aromatic N) is 4. The van der Waals surface area contributed by atoms with Gasteiger partial charge in [-0.3, -0.25) is 0 Å². The summed E-state index contributed by atoms with van der Waals surface area (Å²) in [6.45, 7) is 3.97. The Hall–Kier alpha value is -1.91. The van der Waals surface area contributed by atoms with E-state index in [0.717, 1.165) is 37.0 Å². The van der Waals surface area contributed by atoms with Crippen LogP contribution >= 0.6 is 0 Å². The molecule has 1 N–H and O–H groups in total. The third-order valence-electron chi connectivity index (χ3n) is 3.13. The highest BCUT2D eigenvalue weighted by Crippen LogP contribution is 2.26. The largest absolute Gasteiger partial charge is 0.346 e. The predicted molar refractivity (Wildman–Crippen MR) is 64.9 cm³/mol. The molecule has 0 spiro atoms. The molecule has 0 aliphatic carbocycles. The molecule has 17 heavy (non-hydrogen) atoms. The van der Waals surface area contributed by atoms with Crippen molar-refractivity contribution in [1.29, 1.82) is 0 Å². The molecule has 1 fully saturated rings. The first-order chi connectivity index (χ1) is 8.33. The number of rotatable bonds is 2. The normalized spacial score (nSPS) is 19.8. The van der Waals surface area contributed by atoms with Gasteiger partial charge in [-0.05, 0) is 19.4 Å². The number of anilines is 1. The third kappa shape index (κ3) is 2.00. The van der Waals surface area contributed by atoms with Crippen LogP contribution in [0, 0.1) is 6.92 Å². The Kier molecular flexibility index (Phi) is 2.51. The molecule has 1 atom stereocenters. The Morgan fingerprint density at radius 2 is 2.12 bits per heavy atom. The van der Waals surface area contributed by atoms with Crippen LogP contribution in [0.25, 0.3) is 0 Å². The molecule has 1 saturated heterocycles. The molecule has 1 aliphatic heterocycles. The second-order valence-corrected chi connectivity index (χ2v) is 4.43. The van der Waals surface area contributed by atoms with Crippen LogP contribution in [0.1, 0.15) is 23.9 Å². The summed E-state index contributed by atoms with van der Waals surface area (Å²) < 4.78 is 0. The molecule has 3 rings (SSSR count). The van der Waals surface area contributed by atoms with E-state index in [-0.39, 0.29) is 0 Å². The summed E-state index contributed by atoms with van der Waals surface area (Å²) in [4.78, 5) is 18.5. The van der Waals surface area contributed by atoms with Crippen LogP contribution < -0.4 is 4.90 Å². The number of hydrogen-bond acceptors (Lipinski definition) is 4. The van der Waals surface area contributed by atoms with E-state index in [4.69, 9.17) is 0 Å². The van der Waals surface area contributed by atoms with Crippen molar-refractivity contribution in [3.05, 3.63) is 36.2 Å². The van der Waals surface area contributed by atoms with E-state index in [1.165, 1.54) is 0 Å². The van der Waals surface area contributed by atoms with Gasteiger partial charge >= 0.3 is 0 Å². The van der Waals surface area contributed by atoms with Gasteiger partial charge in [0.1, 0.15) is 5.82 Å². The van der Waals surface area contributed by atoms with Gasteiger partial charge in [-0.15, -0.1) is 0 Å². The van der Waals surface area contributed by atoms with Crippen molar-refractivity contribution < 1.29 is 0 Å². The topological polar surface area (TPSA) is 57.7 Å². The van der Waals surface area contributed by atoms with Gasteiger partial charge in [-0.1, -0.05) is 0 Å². The second kappa shape index (κ2) is 4.16. The summed E-state index contributed by atoms with van der Waals surface area (Å²) in [5.74, 6) is 2.37. The van der Waals surface area contributed by atoms with E-state index in [2.05, 4.69) is 24.8 Å². The molecule has 1 aliphatic rings. The molecule has 3 heterocycles. The van der Waals surface area contributed by atoms with Crippen LogP contribution in [0.3, 0.4) is 0 Å². The van der Waals surface area contributed by atoms with Crippen LogP contribution in [0.2, 0.25) is 0 Å². The minimum Gasteiger partial charge on any atom is -0.346 e. The number of imidazole rings is 1. The van der Waals surface area contributed by atoms with Gasteiger partial charge in [-0.2, -0.15) is 0 Å². The smallest absolute Gasteiger partial charge is 0.225 e. The number of aryl methyl sites for hydroxylation is 1. The maximum atomic E-state index is 4.40. The van der Waals surface area contributed by atoms with Gasteiger partial charge in [-0.25, -0.2) is 15.0 Å². The minimum absolute atomic E-state index is 0.465. The maximum absolute atomic E-state index is 4.40. The molecule has 0 aromatic carbocycles. The summed E-state index contributed by atoms with van der Waals surface area (Å²) in [7, 11) is 0. The van der Waals surface area contributed by atoms with E-state index in [1.807, 2.05) is 19.2 Å². The summed E-state index contributed by atoms with van der Waals surface area (Å²) >= 11 is 0. The Morgan fingerprint density at radius 1 is 1.29 bits per heavy atom. The van der Waals surface area contributed by atoms with Gasteiger partial charge in [0.2, 0.25) is 5.95 Å². The van der Waals surface area contributed by atoms with E-state index in [9.17, 15) is 0 Å². The average Bonchev–Trinajstić information content (AvgIpc) is 2.98. The molecule has 0 saturated carbocycles. The van der Waals surface area contributed by atoms with Crippen molar-refractivity contribution in [3.8, 4) is 0 Å². The first kappa shape index (κ1) is 10.3. The highest BCUT2D eigenvalue weighted by atomic mass is 15.3. The standard InChI is InChI=1S/C12H15N5/c1-9-7-15-11(16-9)10-3-6-17(8-10)12-13-4-2-5-14-12/h2,4-5,7,10H,3,6,8H2,1H3,(H,15,16). The molecular weight excluding hydrogens is 214 g/mol. The fraction of sp³-hybridized carbons (Fsp3) is 0.417. The van der Waals surface area contributed by atoms with E-state index in [1.54, 1.807) is 12.4 Å². The SMILES string of the molecule is Cc1cnc(C2CCN(c3ncccn3)C2)[nH]1. The molecule has 2 aromatic rings. The first-order valence-corrected chi connectivity index (χ1v) is 5.86. The first-order valence-electron chi connectivity index (χ1n) is 5.86. The Labute approximate surface area is 99.9 Å².